The second kappa shape index (κ2) is 11.7. The lowest BCUT2D eigenvalue weighted by Gasteiger charge is -2.24. The molecule has 0 atom stereocenters. The van der Waals surface area contributed by atoms with Crippen molar-refractivity contribution in [3.05, 3.63) is 46.7 Å². The Morgan fingerprint density at radius 1 is 1.06 bits per heavy atom. The monoisotopic (exact) mass is 504 g/mol. The number of nitrogens with zero attached hydrogens (tertiary/aromatic N) is 3. The Hall–Kier alpha value is -2.47. The van der Waals surface area contributed by atoms with Gasteiger partial charge in [0.05, 0.1) is 17.0 Å². The summed E-state index contributed by atoms with van der Waals surface area (Å²) < 4.78 is 2.38. The molecule has 0 bridgehead atoms. The first-order valence-electron chi connectivity index (χ1n) is 14.0. The Balaban J connectivity index is 1.42. The first-order valence-corrected chi connectivity index (χ1v) is 14.9. The molecule has 2 aliphatic carbocycles. The van der Waals surface area contributed by atoms with E-state index in [1.807, 2.05) is 12.3 Å². The highest BCUT2D eigenvalue weighted by Gasteiger charge is 2.24. The fourth-order valence-electron chi connectivity index (χ4n) is 6.00. The van der Waals surface area contributed by atoms with Crippen molar-refractivity contribution in [3.8, 4) is 22.0 Å². The number of amides is 1. The van der Waals surface area contributed by atoms with Crippen molar-refractivity contribution in [1.29, 1.82) is 0 Å². The number of hydrogen-bond acceptors (Lipinski definition) is 4. The van der Waals surface area contributed by atoms with Gasteiger partial charge in [0.15, 0.2) is 0 Å². The van der Waals surface area contributed by atoms with Crippen molar-refractivity contribution >= 4 is 17.2 Å². The first kappa shape index (κ1) is 25.2. The van der Waals surface area contributed by atoms with E-state index in [9.17, 15) is 4.79 Å². The van der Waals surface area contributed by atoms with E-state index in [1.54, 1.807) is 11.3 Å². The molecule has 3 aromatic rings. The van der Waals surface area contributed by atoms with Gasteiger partial charge in [-0.15, -0.1) is 11.3 Å². The summed E-state index contributed by atoms with van der Waals surface area (Å²) in [5, 5.41) is 6.43. The fourth-order valence-corrected chi connectivity index (χ4v) is 6.81. The number of rotatable bonds is 8. The van der Waals surface area contributed by atoms with Crippen LogP contribution < -0.4 is 5.32 Å². The van der Waals surface area contributed by atoms with E-state index in [1.165, 1.54) is 64.2 Å². The number of thiazole rings is 1. The van der Waals surface area contributed by atoms with Gasteiger partial charge in [0.2, 0.25) is 0 Å². The minimum atomic E-state index is 0.0684. The molecule has 192 valence electrons. The largest absolute Gasteiger partial charge is 0.352 e. The third-order valence-electron chi connectivity index (χ3n) is 8.25. The van der Waals surface area contributed by atoms with Crippen LogP contribution in [0.25, 0.3) is 22.0 Å². The fraction of sp³-hybridized carbons (Fsp3) is 0.567. The zero-order valence-corrected chi connectivity index (χ0v) is 22.7. The van der Waals surface area contributed by atoms with Gasteiger partial charge in [-0.1, -0.05) is 45.4 Å². The van der Waals surface area contributed by atoms with E-state index in [4.69, 9.17) is 4.98 Å². The van der Waals surface area contributed by atoms with Crippen LogP contribution in [0, 0.1) is 18.8 Å². The van der Waals surface area contributed by atoms with Crippen LogP contribution in [0.15, 0.2) is 29.8 Å². The van der Waals surface area contributed by atoms with Crippen LogP contribution >= 0.6 is 11.3 Å². The molecule has 5 nitrogen and oxygen atoms in total. The number of pyridine rings is 1. The summed E-state index contributed by atoms with van der Waals surface area (Å²) in [4.78, 5) is 22.8. The Bertz CT molecular complexity index is 1170. The van der Waals surface area contributed by atoms with E-state index < -0.39 is 0 Å². The highest BCUT2D eigenvalue weighted by Crippen LogP contribution is 2.34. The maximum Gasteiger partial charge on any atom is 0.253 e. The molecule has 3 aromatic heterocycles. The van der Waals surface area contributed by atoms with Crippen LogP contribution in [-0.2, 0) is 13.0 Å². The quantitative estimate of drug-likeness (QED) is 0.347. The van der Waals surface area contributed by atoms with Gasteiger partial charge in [0.25, 0.3) is 5.91 Å². The van der Waals surface area contributed by atoms with Crippen LogP contribution in [-0.4, -0.2) is 27.0 Å². The van der Waals surface area contributed by atoms with Gasteiger partial charge in [-0.3, -0.25) is 9.78 Å². The molecule has 3 heterocycles. The molecule has 0 radical (unpaired) electrons. The summed E-state index contributed by atoms with van der Waals surface area (Å²) in [5.74, 6) is 1.37. The summed E-state index contributed by atoms with van der Waals surface area (Å²) in [6, 6.07) is 6.27. The number of carbonyl (C=O) groups excluding carboxylic acids is 1. The van der Waals surface area contributed by atoms with Gasteiger partial charge >= 0.3 is 0 Å². The van der Waals surface area contributed by atoms with Gasteiger partial charge in [-0.2, -0.15) is 0 Å². The van der Waals surface area contributed by atoms with Gasteiger partial charge in [-0.25, -0.2) is 4.98 Å². The lowest BCUT2D eigenvalue weighted by Crippen LogP contribution is -2.30. The maximum atomic E-state index is 13.3. The zero-order chi connectivity index (χ0) is 24.9. The Labute approximate surface area is 219 Å². The molecule has 2 aliphatic rings. The molecular formula is C30H40N4OS. The van der Waals surface area contributed by atoms with Crippen molar-refractivity contribution in [2.75, 3.05) is 6.54 Å². The average Bonchev–Trinajstić information content (AvgIpc) is 3.54. The Morgan fingerprint density at radius 2 is 1.78 bits per heavy atom. The third-order valence-corrected chi connectivity index (χ3v) is 9.14. The van der Waals surface area contributed by atoms with Crippen LogP contribution in [0.4, 0.5) is 0 Å². The van der Waals surface area contributed by atoms with Crippen molar-refractivity contribution < 1.29 is 4.79 Å². The van der Waals surface area contributed by atoms with Gasteiger partial charge in [0.1, 0.15) is 5.01 Å². The zero-order valence-electron chi connectivity index (χ0n) is 21.9. The molecule has 36 heavy (non-hydrogen) atoms. The topological polar surface area (TPSA) is 59.8 Å². The summed E-state index contributed by atoms with van der Waals surface area (Å²) in [6.45, 7) is 6.01. The highest BCUT2D eigenvalue weighted by atomic mass is 32.1. The third kappa shape index (κ3) is 5.74. The smallest absolute Gasteiger partial charge is 0.253 e. The molecule has 0 saturated heterocycles. The van der Waals surface area contributed by atoms with Crippen LogP contribution in [0.3, 0.4) is 0 Å². The average molecular weight is 505 g/mol. The molecule has 6 heteroatoms. The van der Waals surface area contributed by atoms with Crippen molar-refractivity contribution in [2.24, 2.45) is 11.8 Å². The first-order chi connectivity index (χ1) is 17.6. The second-order valence-electron chi connectivity index (χ2n) is 10.8. The van der Waals surface area contributed by atoms with Crippen LogP contribution in [0.5, 0.6) is 0 Å². The van der Waals surface area contributed by atoms with E-state index in [2.05, 4.69) is 46.2 Å². The van der Waals surface area contributed by atoms with Gasteiger partial charge in [0, 0.05) is 41.6 Å². The van der Waals surface area contributed by atoms with Crippen molar-refractivity contribution in [3.63, 3.8) is 0 Å². The van der Waals surface area contributed by atoms with Gasteiger partial charge < -0.3 is 9.88 Å². The normalized spacial score (nSPS) is 17.4. The molecule has 5 rings (SSSR count). The van der Waals surface area contributed by atoms with Crippen molar-refractivity contribution in [1.82, 2.24) is 19.9 Å². The molecule has 2 fully saturated rings. The SMILES string of the molecule is CCc1cc(-c2nc(-c3cc(C(=O)NCC4CCCCC4)c(C)n3CC3CCCCC3)cs2)ccn1. The second-order valence-corrected chi connectivity index (χ2v) is 11.6. The van der Waals surface area contributed by atoms with E-state index in [0.717, 1.165) is 58.4 Å². The lowest BCUT2D eigenvalue weighted by molar-refractivity contribution is 0.0942. The number of aromatic nitrogens is 3. The summed E-state index contributed by atoms with van der Waals surface area (Å²) in [7, 11) is 0. The lowest BCUT2D eigenvalue weighted by atomic mass is 9.89. The molecule has 0 aromatic carbocycles. The van der Waals surface area contributed by atoms with Crippen LogP contribution in [0.1, 0.15) is 92.9 Å². The van der Waals surface area contributed by atoms with Crippen LogP contribution in [0.2, 0.25) is 0 Å². The molecule has 0 unspecified atom stereocenters. The summed E-state index contributed by atoms with van der Waals surface area (Å²) in [6.07, 6.45) is 15.7. The summed E-state index contributed by atoms with van der Waals surface area (Å²) >= 11 is 1.67. The number of carbonyl (C=O) groups is 1. The molecule has 2 saturated carbocycles. The molecule has 1 amide bonds. The number of aryl methyl sites for hydroxylation is 1. The Morgan fingerprint density at radius 3 is 2.50 bits per heavy atom. The Kier molecular flexibility index (Phi) is 8.20. The minimum Gasteiger partial charge on any atom is -0.352 e. The van der Waals surface area contributed by atoms with Crippen molar-refractivity contribution in [2.45, 2.75) is 91.0 Å². The van der Waals surface area contributed by atoms with E-state index in [0.29, 0.717) is 11.8 Å². The predicted octanol–water partition coefficient (Wildman–Crippen LogP) is 7.43. The predicted molar refractivity (Wildman–Crippen MR) is 148 cm³/mol. The minimum absolute atomic E-state index is 0.0684. The standard InChI is InChI=1S/C30H40N4OS/c1-3-25-16-24(14-15-31-25)30-33-27(20-36-30)28-17-26(29(35)32-18-22-10-6-4-7-11-22)21(2)34(28)19-23-12-8-5-9-13-23/h14-17,20,22-23H,3-13,18-19H2,1-2H3,(H,32,35). The molecule has 0 aliphatic heterocycles. The number of hydrogen-bond donors (Lipinski definition) is 1. The van der Waals surface area contributed by atoms with E-state index >= 15 is 0 Å². The molecule has 1 N–H and O–H groups in total. The molecular weight excluding hydrogens is 464 g/mol. The molecule has 0 spiro atoms. The maximum absolute atomic E-state index is 13.3. The van der Waals surface area contributed by atoms with Gasteiger partial charge in [-0.05, 0) is 69.1 Å². The summed E-state index contributed by atoms with van der Waals surface area (Å²) in [5.41, 5.74) is 6.12. The van der Waals surface area contributed by atoms with E-state index in [-0.39, 0.29) is 5.91 Å². The highest BCUT2D eigenvalue weighted by molar-refractivity contribution is 7.13. The number of nitrogens with one attached hydrogen (secondary N) is 1.